The van der Waals surface area contributed by atoms with Crippen LogP contribution < -0.4 is 20.7 Å². The van der Waals surface area contributed by atoms with Crippen LogP contribution in [0.4, 0.5) is 10.5 Å². The fourth-order valence-corrected chi connectivity index (χ4v) is 4.78. The molecule has 1 aliphatic carbocycles. The first kappa shape index (κ1) is 40.2. The predicted octanol–water partition coefficient (Wildman–Crippen LogP) is 6.64. The summed E-state index contributed by atoms with van der Waals surface area (Å²) in [5.41, 5.74) is 2.19. The molecule has 0 spiro atoms. The number of pyridine rings is 1. The molecule has 1 saturated carbocycles. The van der Waals surface area contributed by atoms with Gasteiger partial charge in [-0.2, -0.15) is 4.89 Å². The molecule has 0 bridgehead atoms. The lowest BCUT2D eigenvalue weighted by atomic mass is 9.94. The molecule has 4 N–H and O–H groups in total. The summed E-state index contributed by atoms with van der Waals surface area (Å²) in [6, 6.07) is 12.8. The van der Waals surface area contributed by atoms with Crippen molar-refractivity contribution in [3.05, 3.63) is 83.2 Å². The van der Waals surface area contributed by atoms with E-state index >= 15 is 0 Å². The Bertz CT molecular complexity index is 1850. The maximum Gasteiger partial charge on any atom is 0.444 e. The SMILES string of the molecule is C=Cc1cc(C(=O)Nc2ccc(C(=N)NC(=O)OOC(C)(C)C)cc2)c(-c2ccc(C(=O)NCC3CC3)nc2COC(C)OC(=O)C(C)C)cc1OC. The number of methoxy groups -OCH3 is 1. The minimum Gasteiger partial charge on any atom is -0.496 e. The summed E-state index contributed by atoms with van der Waals surface area (Å²) in [6.07, 6.45) is 1.83. The van der Waals surface area contributed by atoms with E-state index in [1.807, 2.05) is 0 Å². The highest BCUT2D eigenvalue weighted by Gasteiger charge is 2.25. The molecule has 1 heterocycles. The average molecular weight is 730 g/mol. The third-order valence-electron chi connectivity index (χ3n) is 7.81. The summed E-state index contributed by atoms with van der Waals surface area (Å²) in [5.74, 6) is -0.967. The molecular weight excluding hydrogens is 682 g/mol. The molecule has 2 aromatic carbocycles. The van der Waals surface area contributed by atoms with Crippen LogP contribution in [0.3, 0.4) is 0 Å². The van der Waals surface area contributed by atoms with Crippen molar-refractivity contribution in [2.24, 2.45) is 11.8 Å². The maximum absolute atomic E-state index is 14.0. The van der Waals surface area contributed by atoms with Gasteiger partial charge in [0.15, 0.2) is 0 Å². The lowest BCUT2D eigenvalue weighted by molar-refractivity contribution is -0.299. The molecule has 0 aliphatic heterocycles. The number of rotatable bonds is 15. The predicted molar refractivity (Wildman–Crippen MR) is 198 cm³/mol. The van der Waals surface area contributed by atoms with E-state index in [2.05, 4.69) is 32.4 Å². The van der Waals surface area contributed by atoms with Crippen molar-refractivity contribution in [3.63, 3.8) is 0 Å². The third kappa shape index (κ3) is 11.7. The second-order valence-electron chi connectivity index (χ2n) is 13.8. The van der Waals surface area contributed by atoms with E-state index in [1.54, 1.807) is 96.1 Å². The van der Waals surface area contributed by atoms with Crippen molar-refractivity contribution >= 4 is 41.5 Å². The molecule has 0 radical (unpaired) electrons. The summed E-state index contributed by atoms with van der Waals surface area (Å²) >= 11 is 0. The Kier molecular flexibility index (Phi) is 13.5. The molecular formula is C39H47N5O9. The number of benzene rings is 2. The number of carbonyl (C=O) groups excluding carboxylic acids is 4. The molecule has 1 aliphatic rings. The first-order valence-corrected chi connectivity index (χ1v) is 17.2. The summed E-state index contributed by atoms with van der Waals surface area (Å²) in [4.78, 5) is 65.6. The van der Waals surface area contributed by atoms with Gasteiger partial charge >= 0.3 is 12.1 Å². The van der Waals surface area contributed by atoms with Gasteiger partial charge in [0.2, 0.25) is 6.29 Å². The summed E-state index contributed by atoms with van der Waals surface area (Å²) < 4.78 is 16.9. The molecule has 14 heteroatoms. The minimum absolute atomic E-state index is 0.157. The smallest absolute Gasteiger partial charge is 0.444 e. The normalized spacial score (nSPS) is 13.1. The zero-order valence-electron chi connectivity index (χ0n) is 31.1. The van der Waals surface area contributed by atoms with Crippen molar-refractivity contribution in [1.82, 2.24) is 15.6 Å². The van der Waals surface area contributed by atoms with E-state index in [9.17, 15) is 19.2 Å². The number of esters is 1. The van der Waals surface area contributed by atoms with Gasteiger partial charge in [0.25, 0.3) is 11.8 Å². The van der Waals surface area contributed by atoms with E-state index < -0.39 is 29.9 Å². The fourth-order valence-electron chi connectivity index (χ4n) is 4.78. The molecule has 1 aromatic heterocycles. The van der Waals surface area contributed by atoms with E-state index in [-0.39, 0.29) is 35.5 Å². The van der Waals surface area contributed by atoms with Gasteiger partial charge < -0.3 is 24.8 Å². The Morgan fingerprint density at radius 3 is 2.30 bits per heavy atom. The molecule has 1 unspecified atom stereocenters. The van der Waals surface area contributed by atoms with Gasteiger partial charge in [-0.3, -0.25) is 30.0 Å². The Hall–Kier alpha value is -5.60. The molecule has 3 aromatic rings. The van der Waals surface area contributed by atoms with Crippen molar-refractivity contribution in [2.75, 3.05) is 19.0 Å². The molecule has 4 rings (SSSR count). The van der Waals surface area contributed by atoms with Crippen LogP contribution in [0.1, 0.15) is 92.1 Å². The quantitative estimate of drug-likeness (QED) is 0.0330. The topological polar surface area (TPSA) is 187 Å². The number of carbonyl (C=O) groups is 4. The highest BCUT2D eigenvalue weighted by atomic mass is 17.2. The summed E-state index contributed by atoms with van der Waals surface area (Å²) in [7, 11) is 1.50. The maximum atomic E-state index is 14.0. The van der Waals surface area contributed by atoms with Gasteiger partial charge in [-0.15, -0.1) is 0 Å². The summed E-state index contributed by atoms with van der Waals surface area (Å²) in [5, 5.41) is 16.3. The Balaban J connectivity index is 1.64. The minimum atomic E-state index is -0.954. The molecule has 53 heavy (non-hydrogen) atoms. The first-order valence-electron chi connectivity index (χ1n) is 17.2. The monoisotopic (exact) mass is 729 g/mol. The number of nitrogens with zero attached hydrogens (tertiary/aromatic N) is 1. The Labute approximate surface area is 309 Å². The number of ether oxygens (including phenoxy) is 3. The second-order valence-corrected chi connectivity index (χ2v) is 13.8. The number of nitrogens with one attached hydrogen (secondary N) is 4. The van der Waals surface area contributed by atoms with Crippen LogP contribution in [-0.2, 0) is 30.7 Å². The fraction of sp³-hybridized carbons (Fsp3) is 0.385. The second kappa shape index (κ2) is 17.8. The van der Waals surface area contributed by atoms with Gasteiger partial charge in [0, 0.05) is 40.0 Å². The molecule has 3 amide bonds. The third-order valence-corrected chi connectivity index (χ3v) is 7.81. The Morgan fingerprint density at radius 1 is 1.00 bits per heavy atom. The van der Waals surface area contributed by atoms with Gasteiger partial charge in [-0.25, -0.2) is 9.78 Å². The van der Waals surface area contributed by atoms with E-state index in [0.29, 0.717) is 51.8 Å². The zero-order valence-corrected chi connectivity index (χ0v) is 31.1. The zero-order chi connectivity index (χ0) is 38.9. The summed E-state index contributed by atoms with van der Waals surface area (Å²) in [6.45, 7) is 14.4. The lowest BCUT2D eigenvalue weighted by Crippen LogP contribution is -2.33. The molecule has 0 saturated heterocycles. The van der Waals surface area contributed by atoms with Crippen LogP contribution in [-0.4, -0.2) is 60.2 Å². The van der Waals surface area contributed by atoms with Gasteiger partial charge in [0.05, 0.1) is 25.3 Å². The van der Waals surface area contributed by atoms with E-state index in [1.165, 1.54) is 7.11 Å². The van der Waals surface area contributed by atoms with Crippen LogP contribution in [0.25, 0.3) is 17.2 Å². The highest BCUT2D eigenvalue weighted by Crippen LogP contribution is 2.35. The number of anilines is 1. The van der Waals surface area contributed by atoms with Gasteiger partial charge in [0.1, 0.15) is 22.9 Å². The Morgan fingerprint density at radius 2 is 1.70 bits per heavy atom. The number of amides is 3. The molecule has 1 atom stereocenters. The number of hydrogen-bond donors (Lipinski definition) is 4. The van der Waals surface area contributed by atoms with E-state index in [4.69, 9.17) is 24.5 Å². The first-order chi connectivity index (χ1) is 25.1. The van der Waals surface area contributed by atoms with E-state index in [0.717, 1.165) is 12.8 Å². The number of aromatic nitrogens is 1. The van der Waals surface area contributed by atoms with Gasteiger partial charge in [-0.1, -0.05) is 32.6 Å². The number of hydrogen-bond acceptors (Lipinski definition) is 11. The van der Waals surface area contributed by atoms with Crippen molar-refractivity contribution in [2.45, 2.75) is 72.9 Å². The lowest BCUT2D eigenvalue weighted by Gasteiger charge is -2.19. The standard InChI is InChI=1S/C39H47N5O9/c1-9-25-18-30(35(45)42-27-14-12-26(13-15-27)34(40)44-38(48)52-53-39(5,6)7)29(19-33(25)49-8)28-16-17-31(36(46)41-20-24-10-11-24)43-32(28)21-50-23(4)51-37(47)22(2)3/h9,12-19,22-24H,1,10-11,20-21H2,2-8H3,(H,41,46)(H,42,45)(H2,40,44,48). The largest absolute Gasteiger partial charge is 0.496 e. The molecule has 1 fully saturated rings. The van der Waals surface area contributed by atoms with Crippen LogP contribution in [0.15, 0.2) is 55.1 Å². The number of amidine groups is 1. The van der Waals surface area contributed by atoms with Crippen LogP contribution >= 0.6 is 0 Å². The van der Waals surface area contributed by atoms with Crippen LogP contribution in [0.2, 0.25) is 0 Å². The van der Waals surface area contributed by atoms with Crippen LogP contribution in [0, 0.1) is 17.2 Å². The van der Waals surface area contributed by atoms with Gasteiger partial charge in [-0.05, 0) is 88.9 Å². The highest BCUT2D eigenvalue weighted by molar-refractivity contribution is 6.10. The average Bonchev–Trinajstić information content (AvgIpc) is 3.96. The van der Waals surface area contributed by atoms with Crippen LogP contribution in [0.5, 0.6) is 5.75 Å². The molecule has 282 valence electrons. The van der Waals surface area contributed by atoms with Crippen molar-refractivity contribution in [1.29, 1.82) is 5.41 Å². The van der Waals surface area contributed by atoms with Crippen molar-refractivity contribution < 1.29 is 43.2 Å². The molecule has 14 nitrogen and oxygen atoms in total. The van der Waals surface area contributed by atoms with Crippen molar-refractivity contribution in [3.8, 4) is 16.9 Å².